The number of ether oxygens (including phenoxy) is 2. The number of benzene rings is 1. The minimum atomic E-state index is -0.111. The van der Waals surface area contributed by atoms with Crippen molar-refractivity contribution in [2.75, 3.05) is 20.8 Å². The molecule has 21 heavy (non-hydrogen) atoms. The Morgan fingerprint density at radius 2 is 2.10 bits per heavy atom. The third-order valence-corrected chi connectivity index (χ3v) is 3.61. The first-order valence-corrected chi connectivity index (χ1v) is 6.90. The third-order valence-electron chi connectivity index (χ3n) is 3.61. The summed E-state index contributed by atoms with van der Waals surface area (Å²) in [5.41, 5.74) is 0.512. The maximum absolute atomic E-state index is 12.4. The van der Waals surface area contributed by atoms with Gasteiger partial charge < -0.3 is 20.1 Å². The van der Waals surface area contributed by atoms with Gasteiger partial charge >= 0.3 is 0 Å². The van der Waals surface area contributed by atoms with E-state index in [9.17, 15) is 4.79 Å². The van der Waals surface area contributed by atoms with Gasteiger partial charge in [-0.05, 0) is 44.5 Å². The van der Waals surface area contributed by atoms with Gasteiger partial charge in [0.2, 0.25) is 0 Å². The van der Waals surface area contributed by atoms with Crippen LogP contribution >= 0.6 is 12.4 Å². The molecular formula is C15H23ClN2O3. The largest absolute Gasteiger partial charge is 0.497 e. The molecule has 1 amide bonds. The highest BCUT2D eigenvalue weighted by Crippen LogP contribution is 2.24. The number of rotatable bonds is 4. The molecule has 1 aromatic rings. The highest BCUT2D eigenvalue weighted by atomic mass is 35.5. The lowest BCUT2D eigenvalue weighted by Gasteiger charge is -2.28. The molecule has 1 fully saturated rings. The topological polar surface area (TPSA) is 59.6 Å². The molecule has 6 heteroatoms. The molecule has 2 rings (SSSR count). The number of piperidine rings is 1. The van der Waals surface area contributed by atoms with Crippen molar-refractivity contribution in [2.45, 2.75) is 31.8 Å². The second-order valence-electron chi connectivity index (χ2n) is 5.12. The normalized spacial score (nSPS) is 21.1. The quantitative estimate of drug-likeness (QED) is 0.892. The lowest BCUT2D eigenvalue weighted by Crippen LogP contribution is -2.46. The monoisotopic (exact) mass is 314 g/mol. The van der Waals surface area contributed by atoms with E-state index < -0.39 is 0 Å². The van der Waals surface area contributed by atoms with Crippen molar-refractivity contribution < 1.29 is 14.3 Å². The average Bonchev–Trinajstić information content (AvgIpc) is 2.46. The first kappa shape index (κ1) is 17.6. The fourth-order valence-electron chi connectivity index (χ4n) is 2.52. The molecule has 1 heterocycles. The van der Waals surface area contributed by atoms with E-state index in [1.165, 1.54) is 0 Å². The van der Waals surface area contributed by atoms with Gasteiger partial charge in [0.25, 0.3) is 5.91 Å². The zero-order chi connectivity index (χ0) is 14.5. The molecule has 0 bridgehead atoms. The minimum absolute atomic E-state index is 0. The number of hydrogen-bond acceptors (Lipinski definition) is 4. The zero-order valence-electron chi connectivity index (χ0n) is 12.6. The van der Waals surface area contributed by atoms with Crippen LogP contribution in [0.25, 0.3) is 0 Å². The van der Waals surface area contributed by atoms with Gasteiger partial charge in [-0.15, -0.1) is 12.4 Å². The number of hydrogen-bond donors (Lipinski definition) is 2. The van der Waals surface area contributed by atoms with Crippen LogP contribution in [-0.2, 0) is 0 Å². The Morgan fingerprint density at radius 1 is 1.33 bits per heavy atom. The lowest BCUT2D eigenvalue weighted by molar-refractivity contribution is 0.0922. The highest BCUT2D eigenvalue weighted by Gasteiger charge is 2.22. The molecule has 118 valence electrons. The van der Waals surface area contributed by atoms with Crippen LogP contribution in [0.4, 0.5) is 0 Å². The van der Waals surface area contributed by atoms with Crippen molar-refractivity contribution in [3.8, 4) is 11.5 Å². The third kappa shape index (κ3) is 4.51. The molecule has 0 saturated carbocycles. The number of halogens is 1. The summed E-state index contributed by atoms with van der Waals surface area (Å²) in [7, 11) is 3.14. The molecule has 1 aliphatic heterocycles. The Morgan fingerprint density at radius 3 is 2.71 bits per heavy atom. The Balaban J connectivity index is 0.00000220. The second kappa shape index (κ2) is 8.10. The molecule has 2 N–H and O–H groups in total. The van der Waals surface area contributed by atoms with Crippen LogP contribution in [0.5, 0.6) is 11.5 Å². The van der Waals surface area contributed by atoms with E-state index in [0.29, 0.717) is 23.1 Å². The number of methoxy groups -OCH3 is 2. The summed E-state index contributed by atoms with van der Waals surface area (Å²) >= 11 is 0. The highest BCUT2D eigenvalue weighted by molar-refractivity contribution is 5.97. The van der Waals surface area contributed by atoms with Crippen LogP contribution < -0.4 is 20.1 Å². The molecular weight excluding hydrogens is 292 g/mol. The summed E-state index contributed by atoms with van der Waals surface area (Å²) < 4.78 is 10.4. The molecule has 0 spiro atoms. The summed E-state index contributed by atoms with van der Waals surface area (Å²) in [6.07, 6.45) is 1.89. The summed E-state index contributed by atoms with van der Waals surface area (Å²) in [6, 6.07) is 5.87. The molecule has 1 aliphatic rings. The molecule has 0 radical (unpaired) electrons. The molecule has 1 saturated heterocycles. The van der Waals surface area contributed by atoms with Crippen molar-refractivity contribution in [1.29, 1.82) is 0 Å². The van der Waals surface area contributed by atoms with Gasteiger partial charge in [-0.1, -0.05) is 0 Å². The maximum atomic E-state index is 12.4. The van der Waals surface area contributed by atoms with E-state index in [1.807, 2.05) is 0 Å². The van der Waals surface area contributed by atoms with Crippen LogP contribution in [0.1, 0.15) is 30.1 Å². The summed E-state index contributed by atoms with van der Waals surface area (Å²) in [4.78, 5) is 12.4. The van der Waals surface area contributed by atoms with Crippen LogP contribution in [0.15, 0.2) is 18.2 Å². The standard InChI is InChI=1S/C15H22N2O3.ClH/c1-10-8-11(6-7-16-10)17-15(18)13-9-12(19-2)4-5-14(13)20-3;/h4-5,9-11,16H,6-8H2,1-3H3,(H,17,18);1H. The van der Waals surface area contributed by atoms with E-state index in [-0.39, 0.29) is 24.4 Å². The van der Waals surface area contributed by atoms with Crippen LogP contribution in [0, 0.1) is 0 Å². The maximum Gasteiger partial charge on any atom is 0.255 e. The predicted molar refractivity (Wildman–Crippen MR) is 84.7 cm³/mol. The van der Waals surface area contributed by atoms with Gasteiger partial charge in [-0.25, -0.2) is 0 Å². The van der Waals surface area contributed by atoms with Gasteiger partial charge in [0, 0.05) is 12.1 Å². The average molecular weight is 315 g/mol. The SMILES string of the molecule is COc1ccc(OC)c(C(=O)NC2CCNC(C)C2)c1.Cl. The van der Waals surface area contributed by atoms with Crippen molar-refractivity contribution in [2.24, 2.45) is 0 Å². The molecule has 5 nitrogen and oxygen atoms in total. The number of carbonyl (C=O) groups is 1. The smallest absolute Gasteiger partial charge is 0.255 e. The van der Waals surface area contributed by atoms with Crippen molar-refractivity contribution in [1.82, 2.24) is 10.6 Å². The summed E-state index contributed by atoms with van der Waals surface area (Å²) in [5, 5.41) is 6.45. The van der Waals surface area contributed by atoms with Crippen molar-refractivity contribution >= 4 is 18.3 Å². The van der Waals surface area contributed by atoms with E-state index in [2.05, 4.69) is 17.6 Å². The first-order valence-electron chi connectivity index (χ1n) is 6.90. The van der Waals surface area contributed by atoms with Crippen LogP contribution in [-0.4, -0.2) is 38.8 Å². The first-order chi connectivity index (χ1) is 9.63. The zero-order valence-corrected chi connectivity index (χ0v) is 13.5. The van der Waals surface area contributed by atoms with Gasteiger partial charge in [-0.2, -0.15) is 0 Å². The second-order valence-corrected chi connectivity index (χ2v) is 5.12. The molecule has 0 aliphatic carbocycles. The summed E-state index contributed by atoms with van der Waals surface area (Å²) in [5.74, 6) is 1.10. The summed E-state index contributed by atoms with van der Waals surface area (Å²) in [6.45, 7) is 3.06. The van der Waals surface area contributed by atoms with E-state index in [4.69, 9.17) is 9.47 Å². The number of nitrogens with one attached hydrogen (secondary N) is 2. The Hall–Kier alpha value is -1.46. The molecule has 1 aromatic carbocycles. The Labute approximate surface area is 131 Å². The molecule has 0 aromatic heterocycles. The van der Waals surface area contributed by atoms with Crippen LogP contribution in [0.3, 0.4) is 0 Å². The van der Waals surface area contributed by atoms with E-state index in [1.54, 1.807) is 32.4 Å². The number of carbonyl (C=O) groups excluding carboxylic acids is 1. The van der Waals surface area contributed by atoms with E-state index >= 15 is 0 Å². The van der Waals surface area contributed by atoms with Gasteiger partial charge in [-0.3, -0.25) is 4.79 Å². The molecule has 2 atom stereocenters. The lowest BCUT2D eigenvalue weighted by atomic mass is 10.00. The Kier molecular flexibility index (Phi) is 6.78. The van der Waals surface area contributed by atoms with E-state index in [0.717, 1.165) is 19.4 Å². The molecule has 2 unspecified atom stereocenters. The number of amides is 1. The minimum Gasteiger partial charge on any atom is -0.497 e. The van der Waals surface area contributed by atoms with Gasteiger partial charge in [0.05, 0.1) is 19.8 Å². The van der Waals surface area contributed by atoms with Crippen molar-refractivity contribution in [3.63, 3.8) is 0 Å². The van der Waals surface area contributed by atoms with Gasteiger partial charge in [0.15, 0.2) is 0 Å². The fourth-order valence-corrected chi connectivity index (χ4v) is 2.52. The van der Waals surface area contributed by atoms with Crippen LogP contribution in [0.2, 0.25) is 0 Å². The fraction of sp³-hybridized carbons (Fsp3) is 0.533. The van der Waals surface area contributed by atoms with Gasteiger partial charge in [0.1, 0.15) is 11.5 Å². The van der Waals surface area contributed by atoms with Crippen molar-refractivity contribution in [3.05, 3.63) is 23.8 Å². The Bertz CT molecular complexity index is 482. The predicted octanol–water partition coefficient (Wildman–Crippen LogP) is 2.00.